The maximum Gasteiger partial charge on any atom is 0.272 e. The molecule has 0 aliphatic heterocycles. The summed E-state index contributed by atoms with van der Waals surface area (Å²) >= 11 is 0. The fourth-order valence-corrected chi connectivity index (χ4v) is 3.13. The zero-order chi connectivity index (χ0) is 18.0. The summed E-state index contributed by atoms with van der Waals surface area (Å²) in [5.41, 5.74) is 4.53. The number of carbonyl (C=O) groups excluding carboxylic acids is 1. The smallest absolute Gasteiger partial charge is 0.272 e. The molecule has 0 N–H and O–H groups in total. The maximum absolute atomic E-state index is 13.1. The maximum atomic E-state index is 13.1. The minimum atomic E-state index is -0.0187. The molecule has 1 amide bonds. The molecule has 0 aliphatic rings. The third-order valence-electron chi connectivity index (χ3n) is 4.97. The lowest BCUT2D eigenvalue weighted by atomic mass is 9.94. The molecule has 0 fully saturated rings. The molecule has 128 valence electrons. The molecule has 0 radical (unpaired) electrons. The summed E-state index contributed by atoms with van der Waals surface area (Å²) in [6, 6.07) is 18.4. The van der Waals surface area contributed by atoms with Crippen molar-refractivity contribution in [2.45, 2.75) is 33.2 Å². The number of pyridine rings is 1. The van der Waals surface area contributed by atoms with Crippen LogP contribution in [0.5, 0.6) is 0 Å². The Hall–Kier alpha value is -2.68. The molecule has 3 heteroatoms. The molecule has 2 aromatic carbocycles. The van der Waals surface area contributed by atoms with Gasteiger partial charge in [-0.1, -0.05) is 55.5 Å². The number of benzene rings is 2. The quantitative estimate of drug-likeness (QED) is 0.667. The second-order valence-electron chi connectivity index (χ2n) is 6.52. The van der Waals surface area contributed by atoms with Crippen LogP contribution in [0.3, 0.4) is 0 Å². The Labute approximate surface area is 149 Å². The van der Waals surface area contributed by atoms with Crippen molar-refractivity contribution in [1.82, 2.24) is 9.88 Å². The Morgan fingerprint density at radius 3 is 2.40 bits per heavy atom. The van der Waals surface area contributed by atoms with Gasteiger partial charge in [0.1, 0.15) is 5.69 Å². The molecule has 3 rings (SSSR count). The van der Waals surface area contributed by atoms with Gasteiger partial charge >= 0.3 is 0 Å². The topological polar surface area (TPSA) is 33.2 Å². The summed E-state index contributed by atoms with van der Waals surface area (Å²) in [4.78, 5) is 19.6. The van der Waals surface area contributed by atoms with Crippen molar-refractivity contribution < 1.29 is 4.79 Å². The standard InChI is InChI=1S/C22H24N2O/c1-5-15(2)24(4)22(25)21-16(3)20(17-11-7-6-8-12-17)18-13-9-10-14-19(18)23-21/h6-15H,5H2,1-4H3/t15-/m1/s1. The highest BCUT2D eigenvalue weighted by Crippen LogP contribution is 2.33. The number of hydrogen-bond acceptors (Lipinski definition) is 2. The summed E-state index contributed by atoms with van der Waals surface area (Å²) in [5, 5.41) is 1.08. The second kappa shape index (κ2) is 7.06. The highest BCUT2D eigenvalue weighted by Gasteiger charge is 2.23. The van der Waals surface area contributed by atoms with Crippen LogP contribution in [0.1, 0.15) is 36.3 Å². The molecule has 0 saturated carbocycles. The molecular formula is C22H24N2O. The van der Waals surface area contributed by atoms with Crippen molar-refractivity contribution in [3.63, 3.8) is 0 Å². The molecular weight excluding hydrogens is 308 g/mol. The first kappa shape index (κ1) is 17.2. The fourth-order valence-electron chi connectivity index (χ4n) is 3.13. The number of rotatable bonds is 4. The molecule has 1 heterocycles. The number of aromatic nitrogens is 1. The van der Waals surface area contributed by atoms with Crippen molar-refractivity contribution in [1.29, 1.82) is 0 Å². The van der Waals surface area contributed by atoms with E-state index < -0.39 is 0 Å². The number of nitrogens with zero attached hydrogens (tertiary/aromatic N) is 2. The van der Waals surface area contributed by atoms with Crippen LogP contribution in [0, 0.1) is 6.92 Å². The highest BCUT2D eigenvalue weighted by molar-refractivity contribution is 6.03. The van der Waals surface area contributed by atoms with Crippen LogP contribution in [0.4, 0.5) is 0 Å². The molecule has 3 aromatic rings. The van der Waals surface area contributed by atoms with Crippen molar-refractivity contribution in [2.75, 3.05) is 7.05 Å². The van der Waals surface area contributed by atoms with Crippen LogP contribution in [0.15, 0.2) is 54.6 Å². The summed E-state index contributed by atoms with van der Waals surface area (Å²) in [6.07, 6.45) is 0.917. The van der Waals surface area contributed by atoms with Gasteiger partial charge in [0, 0.05) is 18.5 Å². The van der Waals surface area contributed by atoms with E-state index in [-0.39, 0.29) is 11.9 Å². The average molecular weight is 332 g/mol. The summed E-state index contributed by atoms with van der Waals surface area (Å²) < 4.78 is 0. The van der Waals surface area contributed by atoms with E-state index >= 15 is 0 Å². The van der Waals surface area contributed by atoms with Crippen molar-refractivity contribution in [3.8, 4) is 11.1 Å². The second-order valence-corrected chi connectivity index (χ2v) is 6.52. The van der Waals surface area contributed by atoms with Gasteiger partial charge in [0.05, 0.1) is 5.52 Å². The molecule has 0 spiro atoms. The molecule has 25 heavy (non-hydrogen) atoms. The highest BCUT2D eigenvalue weighted by atomic mass is 16.2. The van der Waals surface area contributed by atoms with Crippen LogP contribution < -0.4 is 0 Å². The Balaban J connectivity index is 2.25. The van der Waals surface area contributed by atoms with E-state index in [1.165, 1.54) is 0 Å². The Morgan fingerprint density at radius 2 is 1.72 bits per heavy atom. The minimum Gasteiger partial charge on any atom is -0.338 e. The summed E-state index contributed by atoms with van der Waals surface area (Å²) in [7, 11) is 1.86. The predicted molar refractivity (Wildman–Crippen MR) is 104 cm³/mol. The summed E-state index contributed by atoms with van der Waals surface area (Å²) in [6.45, 7) is 6.15. The van der Waals surface area contributed by atoms with E-state index in [1.54, 1.807) is 4.90 Å². The van der Waals surface area contributed by atoms with E-state index in [4.69, 9.17) is 4.98 Å². The lowest BCUT2D eigenvalue weighted by molar-refractivity contribution is 0.0734. The van der Waals surface area contributed by atoms with Crippen LogP contribution in [-0.2, 0) is 0 Å². The zero-order valence-electron chi connectivity index (χ0n) is 15.3. The molecule has 0 aliphatic carbocycles. The first-order valence-electron chi connectivity index (χ1n) is 8.76. The molecule has 3 nitrogen and oxygen atoms in total. The number of carbonyl (C=O) groups is 1. The largest absolute Gasteiger partial charge is 0.338 e. The average Bonchev–Trinajstić information content (AvgIpc) is 2.66. The number of fused-ring (bicyclic) bond motifs is 1. The molecule has 0 unspecified atom stereocenters. The molecule has 0 saturated heterocycles. The first-order valence-corrected chi connectivity index (χ1v) is 8.76. The van der Waals surface area contributed by atoms with Gasteiger partial charge < -0.3 is 4.90 Å². The first-order chi connectivity index (χ1) is 12.0. The number of hydrogen-bond donors (Lipinski definition) is 0. The minimum absolute atomic E-state index is 0.0187. The Morgan fingerprint density at radius 1 is 1.08 bits per heavy atom. The fraction of sp³-hybridized carbons (Fsp3) is 0.273. The normalized spacial score (nSPS) is 12.2. The molecule has 1 atom stereocenters. The van der Waals surface area contributed by atoms with Gasteiger partial charge in [-0.15, -0.1) is 0 Å². The van der Waals surface area contributed by atoms with Crippen molar-refractivity contribution in [2.24, 2.45) is 0 Å². The number of amides is 1. The Kier molecular flexibility index (Phi) is 4.84. The van der Waals surface area contributed by atoms with E-state index in [2.05, 4.69) is 32.0 Å². The molecule has 1 aromatic heterocycles. The van der Waals surface area contributed by atoms with Crippen LogP contribution in [0.25, 0.3) is 22.0 Å². The van der Waals surface area contributed by atoms with E-state index in [1.807, 2.05) is 50.4 Å². The Bertz CT molecular complexity index is 903. The van der Waals surface area contributed by atoms with Gasteiger partial charge in [-0.3, -0.25) is 4.79 Å². The van der Waals surface area contributed by atoms with Gasteiger partial charge in [-0.05, 0) is 43.0 Å². The van der Waals surface area contributed by atoms with Gasteiger partial charge in [0.25, 0.3) is 5.91 Å². The number of para-hydroxylation sites is 1. The van der Waals surface area contributed by atoms with E-state index in [9.17, 15) is 4.79 Å². The van der Waals surface area contributed by atoms with E-state index in [0.717, 1.165) is 34.0 Å². The third-order valence-corrected chi connectivity index (χ3v) is 4.97. The van der Waals surface area contributed by atoms with Crippen molar-refractivity contribution >= 4 is 16.8 Å². The van der Waals surface area contributed by atoms with Gasteiger partial charge in [0.15, 0.2) is 0 Å². The summed E-state index contributed by atoms with van der Waals surface area (Å²) in [5.74, 6) is -0.0187. The lowest BCUT2D eigenvalue weighted by Crippen LogP contribution is -2.35. The zero-order valence-corrected chi connectivity index (χ0v) is 15.3. The van der Waals surface area contributed by atoms with Gasteiger partial charge in [-0.2, -0.15) is 0 Å². The van der Waals surface area contributed by atoms with Crippen LogP contribution in [-0.4, -0.2) is 28.9 Å². The van der Waals surface area contributed by atoms with Crippen LogP contribution >= 0.6 is 0 Å². The monoisotopic (exact) mass is 332 g/mol. The lowest BCUT2D eigenvalue weighted by Gasteiger charge is -2.25. The van der Waals surface area contributed by atoms with Gasteiger partial charge in [0.2, 0.25) is 0 Å². The molecule has 0 bridgehead atoms. The van der Waals surface area contributed by atoms with Gasteiger partial charge in [-0.25, -0.2) is 4.98 Å². The SMILES string of the molecule is CC[C@@H](C)N(C)C(=O)c1nc2ccccc2c(-c2ccccc2)c1C. The van der Waals surface area contributed by atoms with Crippen molar-refractivity contribution in [3.05, 3.63) is 65.9 Å². The third kappa shape index (κ3) is 3.14. The van der Waals surface area contributed by atoms with Crippen LogP contribution in [0.2, 0.25) is 0 Å². The van der Waals surface area contributed by atoms with E-state index in [0.29, 0.717) is 5.69 Å². The predicted octanol–water partition coefficient (Wildman–Crippen LogP) is 5.08.